The third-order valence-electron chi connectivity index (χ3n) is 1.48. The van der Waals surface area contributed by atoms with Crippen molar-refractivity contribution in [3.8, 4) is 0 Å². The first-order chi connectivity index (χ1) is 4.86. The van der Waals surface area contributed by atoms with E-state index in [-0.39, 0.29) is 0 Å². The van der Waals surface area contributed by atoms with Gasteiger partial charge in [-0.2, -0.15) is 0 Å². The first-order valence-electron chi connectivity index (χ1n) is 3.18. The number of hydrogen-bond acceptors (Lipinski definition) is 1. The number of nitrogens with zero attached hydrogens (tertiary/aromatic N) is 2. The lowest BCUT2D eigenvalue weighted by Gasteiger charge is -1.92. The topological polar surface area (TPSA) is 17.3 Å². The summed E-state index contributed by atoms with van der Waals surface area (Å²) in [6.07, 6.45) is 6.63. The zero-order valence-corrected chi connectivity index (χ0v) is 5.70. The second-order valence-electron chi connectivity index (χ2n) is 2.34. The first-order valence-corrected chi connectivity index (χ1v) is 3.18. The van der Waals surface area contributed by atoms with Crippen molar-refractivity contribution in [2.45, 2.75) is 6.92 Å². The van der Waals surface area contributed by atoms with Crippen LogP contribution in [0.1, 0.15) is 5.56 Å². The van der Waals surface area contributed by atoms with E-state index < -0.39 is 0 Å². The van der Waals surface area contributed by atoms with Crippen LogP contribution in [0.2, 0.25) is 0 Å². The summed E-state index contributed by atoms with van der Waals surface area (Å²) in [7, 11) is 0. The largest absolute Gasteiger partial charge is 0.306 e. The molecular weight excluding hydrogens is 124 g/mol. The number of imidazole rings is 1. The Labute approximate surface area is 59.1 Å². The van der Waals surface area contributed by atoms with Gasteiger partial charge in [-0.25, -0.2) is 4.98 Å². The Morgan fingerprint density at radius 2 is 2.40 bits per heavy atom. The molecule has 0 aliphatic carbocycles. The standard InChI is InChI=1S/C8H7N2/c1-7-2-3-8-9-4-5-10(8)6-7/h2-3,5-6H,1H3. The Bertz CT molecular complexity index is 349. The van der Waals surface area contributed by atoms with Crippen LogP contribution in [0, 0.1) is 13.1 Å². The molecule has 0 unspecified atom stereocenters. The van der Waals surface area contributed by atoms with Gasteiger partial charge >= 0.3 is 0 Å². The SMILES string of the molecule is Cc1ccc2n[c]cn2c1. The van der Waals surface area contributed by atoms with Gasteiger partial charge in [-0.3, -0.25) is 0 Å². The predicted molar refractivity (Wildman–Crippen MR) is 38.8 cm³/mol. The Morgan fingerprint density at radius 1 is 1.50 bits per heavy atom. The van der Waals surface area contributed by atoms with Crippen LogP contribution < -0.4 is 0 Å². The molecule has 0 N–H and O–H groups in total. The fraction of sp³-hybridized carbons (Fsp3) is 0.125. The second-order valence-corrected chi connectivity index (χ2v) is 2.34. The van der Waals surface area contributed by atoms with E-state index in [0.29, 0.717) is 0 Å². The number of rotatable bonds is 0. The van der Waals surface area contributed by atoms with Gasteiger partial charge < -0.3 is 4.40 Å². The molecule has 2 rings (SSSR count). The molecule has 0 aliphatic rings. The molecule has 0 fully saturated rings. The summed E-state index contributed by atoms with van der Waals surface area (Å²) in [6, 6.07) is 4.02. The number of hydrogen-bond donors (Lipinski definition) is 0. The van der Waals surface area contributed by atoms with E-state index in [2.05, 4.69) is 18.1 Å². The van der Waals surface area contributed by atoms with Crippen LogP contribution in [-0.2, 0) is 0 Å². The molecule has 10 heavy (non-hydrogen) atoms. The maximum Gasteiger partial charge on any atom is 0.137 e. The van der Waals surface area contributed by atoms with Gasteiger partial charge in [0.05, 0.1) is 0 Å². The van der Waals surface area contributed by atoms with Gasteiger partial charge in [-0.15, -0.1) is 0 Å². The Hall–Kier alpha value is -1.31. The highest BCUT2D eigenvalue weighted by atomic mass is 15.0. The summed E-state index contributed by atoms with van der Waals surface area (Å²) in [5.74, 6) is 0. The number of pyridine rings is 1. The fourth-order valence-electron chi connectivity index (χ4n) is 0.976. The molecule has 0 aromatic carbocycles. The second kappa shape index (κ2) is 1.84. The normalized spacial score (nSPS) is 10.5. The Kier molecular flexibility index (Phi) is 1.01. The van der Waals surface area contributed by atoms with Gasteiger partial charge in [0.2, 0.25) is 0 Å². The average molecular weight is 131 g/mol. The molecule has 0 atom stereocenters. The molecule has 2 aromatic heterocycles. The van der Waals surface area contributed by atoms with Crippen molar-refractivity contribution in [1.29, 1.82) is 0 Å². The molecule has 0 aliphatic heterocycles. The lowest BCUT2D eigenvalue weighted by Crippen LogP contribution is -1.82. The van der Waals surface area contributed by atoms with Gasteiger partial charge in [0.1, 0.15) is 11.8 Å². The monoisotopic (exact) mass is 131 g/mol. The van der Waals surface area contributed by atoms with Gasteiger partial charge in [-0.1, -0.05) is 6.07 Å². The van der Waals surface area contributed by atoms with Crippen LogP contribution in [0.15, 0.2) is 24.5 Å². The maximum atomic E-state index is 4.00. The number of fused-ring (bicyclic) bond motifs is 1. The summed E-state index contributed by atoms with van der Waals surface area (Å²) in [5, 5.41) is 0. The van der Waals surface area contributed by atoms with Crippen molar-refractivity contribution in [1.82, 2.24) is 9.38 Å². The van der Waals surface area contributed by atoms with Crippen LogP contribution in [0.25, 0.3) is 5.65 Å². The summed E-state index contributed by atoms with van der Waals surface area (Å²) >= 11 is 0. The lowest BCUT2D eigenvalue weighted by atomic mass is 10.3. The quantitative estimate of drug-likeness (QED) is 0.529. The first kappa shape index (κ1) is 5.47. The molecule has 49 valence electrons. The van der Waals surface area contributed by atoms with Crippen LogP contribution in [0.5, 0.6) is 0 Å². The van der Waals surface area contributed by atoms with Gasteiger partial charge in [-0.05, 0) is 18.6 Å². The maximum absolute atomic E-state index is 4.00. The van der Waals surface area contributed by atoms with Crippen LogP contribution >= 0.6 is 0 Å². The minimum atomic E-state index is 0.950. The summed E-state index contributed by atoms with van der Waals surface area (Å²) in [6.45, 7) is 2.06. The van der Waals surface area contributed by atoms with Gasteiger partial charge in [0.15, 0.2) is 0 Å². The third-order valence-corrected chi connectivity index (χ3v) is 1.48. The van der Waals surface area contributed by atoms with Crippen molar-refractivity contribution < 1.29 is 0 Å². The zero-order chi connectivity index (χ0) is 6.97. The fourth-order valence-corrected chi connectivity index (χ4v) is 0.976. The molecule has 0 spiro atoms. The van der Waals surface area contributed by atoms with Crippen LogP contribution in [0.3, 0.4) is 0 Å². The molecule has 0 amide bonds. The Balaban J connectivity index is 2.86. The average Bonchev–Trinajstić information content (AvgIpc) is 2.33. The smallest absolute Gasteiger partial charge is 0.137 e. The highest BCUT2D eigenvalue weighted by Crippen LogP contribution is 2.01. The van der Waals surface area contributed by atoms with E-state index in [4.69, 9.17) is 0 Å². The molecule has 1 radical (unpaired) electrons. The molecule has 2 heterocycles. The van der Waals surface area contributed by atoms with E-state index in [1.54, 1.807) is 0 Å². The van der Waals surface area contributed by atoms with E-state index >= 15 is 0 Å². The summed E-state index contributed by atoms with van der Waals surface area (Å²) in [4.78, 5) is 4.00. The zero-order valence-electron chi connectivity index (χ0n) is 5.70. The van der Waals surface area contributed by atoms with Crippen molar-refractivity contribution in [3.63, 3.8) is 0 Å². The van der Waals surface area contributed by atoms with Crippen molar-refractivity contribution in [2.75, 3.05) is 0 Å². The molecule has 0 saturated carbocycles. The van der Waals surface area contributed by atoms with Crippen molar-refractivity contribution in [3.05, 3.63) is 36.3 Å². The molecule has 0 saturated heterocycles. The molecule has 2 nitrogen and oxygen atoms in total. The van der Waals surface area contributed by atoms with E-state index in [1.807, 2.05) is 28.9 Å². The number of aromatic nitrogens is 2. The van der Waals surface area contributed by atoms with Gasteiger partial charge in [0.25, 0.3) is 0 Å². The van der Waals surface area contributed by atoms with E-state index in [0.717, 1.165) is 5.65 Å². The Morgan fingerprint density at radius 3 is 3.30 bits per heavy atom. The number of aryl methyl sites for hydroxylation is 1. The predicted octanol–water partition coefficient (Wildman–Crippen LogP) is 1.44. The minimum Gasteiger partial charge on any atom is -0.306 e. The summed E-state index contributed by atoms with van der Waals surface area (Å²) < 4.78 is 1.95. The molecule has 2 aromatic rings. The highest BCUT2D eigenvalue weighted by molar-refractivity contribution is 5.38. The van der Waals surface area contributed by atoms with Crippen molar-refractivity contribution >= 4 is 5.65 Å². The minimum absolute atomic E-state index is 0.950. The van der Waals surface area contributed by atoms with Crippen LogP contribution in [0.4, 0.5) is 0 Å². The van der Waals surface area contributed by atoms with E-state index in [1.165, 1.54) is 5.56 Å². The molecule has 2 heteroatoms. The van der Waals surface area contributed by atoms with Crippen LogP contribution in [-0.4, -0.2) is 9.38 Å². The van der Waals surface area contributed by atoms with Gasteiger partial charge in [0, 0.05) is 12.4 Å². The van der Waals surface area contributed by atoms with Crippen molar-refractivity contribution in [2.24, 2.45) is 0 Å². The lowest BCUT2D eigenvalue weighted by molar-refractivity contribution is 1.16. The molecule has 0 bridgehead atoms. The highest BCUT2D eigenvalue weighted by Gasteiger charge is 1.90. The molecular formula is C8H7N2. The third kappa shape index (κ3) is 0.692. The van der Waals surface area contributed by atoms with E-state index in [9.17, 15) is 0 Å². The summed E-state index contributed by atoms with van der Waals surface area (Å²) in [5.41, 5.74) is 2.18.